The lowest BCUT2D eigenvalue weighted by molar-refractivity contribution is 0.535. The number of aryl methyl sites for hydroxylation is 1. The van der Waals surface area contributed by atoms with E-state index in [1.54, 1.807) is 0 Å². The van der Waals surface area contributed by atoms with Crippen molar-refractivity contribution in [3.05, 3.63) is 35.4 Å². The number of hydrogen-bond donors (Lipinski definition) is 1. The van der Waals surface area contributed by atoms with E-state index in [2.05, 4.69) is 57.3 Å². The first-order valence-electron chi connectivity index (χ1n) is 6.02. The van der Waals surface area contributed by atoms with Crippen molar-refractivity contribution < 1.29 is 0 Å². The highest BCUT2D eigenvalue weighted by Crippen LogP contribution is 2.26. The third kappa shape index (κ3) is 3.03. The van der Waals surface area contributed by atoms with Gasteiger partial charge in [0.1, 0.15) is 0 Å². The maximum Gasteiger partial charge on any atom is 0.157 e. The molecular formula is C14H20N2S. The van der Waals surface area contributed by atoms with Crippen molar-refractivity contribution in [2.75, 3.05) is 5.75 Å². The van der Waals surface area contributed by atoms with E-state index in [-0.39, 0.29) is 11.6 Å². The summed E-state index contributed by atoms with van der Waals surface area (Å²) in [5, 5.41) is 4.54. The van der Waals surface area contributed by atoms with Crippen molar-refractivity contribution in [2.24, 2.45) is 4.99 Å². The van der Waals surface area contributed by atoms with E-state index in [0.717, 1.165) is 10.9 Å². The highest BCUT2D eigenvalue weighted by Gasteiger charge is 2.27. The Labute approximate surface area is 108 Å². The second kappa shape index (κ2) is 4.73. The molecule has 3 heteroatoms. The van der Waals surface area contributed by atoms with E-state index in [0.29, 0.717) is 0 Å². The summed E-state index contributed by atoms with van der Waals surface area (Å²) in [5.74, 6) is 1.09. The Balaban J connectivity index is 2.15. The lowest BCUT2D eigenvalue weighted by Crippen LogP contribution is -2.37. The molecule has 1 aromatic carbocycles. The van der Waals surface area contributed by atoms with E-state index < -0.39 is 0 Å². The van der Waals surface area contributed by atoms with Gasteiger partial charge in [-0.25, -0.2) is 0 Å². The Hall–Kier alpha value is -0.960. The fourth-order valence-corrected chi connectivity index (χ4v) is 3.13. The van der Waals surface area contributed by atoms with Gasteiger partial charge in [0.2, 0.25) is 0 Å². The van der Waals surface area contributed by atoms with Crippen LogP contribution in [-0.2, 0) is 0 Å². The van der Waals surface area contributed by atoms with E-state index >= 15 is 0 Å². The van der Waals surface area contributed by atoms with Crippen molar-refractivity contribution in [1.29, 1.82) is 0 Å². The highest BCUT2D eigenvalue weighted by molar-refractivity contribution is 8.14. The van der Waals surface area contributed by atoms with E-state index in [9.17, 15) is 0 Å². The van der Waals surface area contributed by atoms with Gasteiger partial charge in [-0.05, 0) is 38.8 Å². The lowest BCUT2D eigenvalue weighted by atomic mass is 10.0. The SMILES string of the molecule is Cc1ccccc1C(C)N=C1NC(C)(C)CS1. The maximum atomic E-state index is 4.77. The molecule has 0 spiro atoms. The zero-order valence-electron chi connectivity index (χ0n) is 10.9. The predicted molar refractivity (Wildman–Crippen MR) is 76.7 cm³/mol. The number of rotatable bonds is 2. The van der Waals surface area contributed by atoms with Gasteiger partial charge in [-0.1, -0.05) is 36.0 Å². The van der Waals surface area contributed by atoms with Crippen molar-refractivity contribution in [3.8, 4) is 0 Å². The largest absolute Gasteiger partial charge is 0.359 e. The van der Waals surface area contributed by atoms with E-state index in [1.165, 1.54) is 11.1 Å². The van der Waals surface area contributed by atoms with Crippen molar-refractivity contribution in [2.45, 2.75) is 39.3 Å². The molecule has 92 valence electrons. The van der Waals surface area contributed by atoms with Gasteiger partial charge < -0.3 is 5.32 Å². The molecule has 1 aromatic rings. The van der Waals surface area contributed by atoms with Gasteiger partial charge in [-0.3, -0.25) is 4.99 Å². The van der Waals surface area contributed by atoms with Crippen molar-refractivity contribution >= 4 is 16.9 Å². The van der Waals surface area contributed by atoms with Crippen LogP contribution in [0.15, 0.2) is 29.3 Å². The zero-order chi connectivity index (χ0) is 12.5. The van der Waals surface area contributed by atoms with Gasteiger partial charge in [0.15, 0.2) is 5.17 Å². The molecule has 0 aliphatic carbocycles. The quantitative estimate of drug-likeness (QED) is 0.866. The molecule has 1 atom stereocenters. The van der Waals surface area contributed by atoms with E-state index in [4.69, 9.17) is 4.99 Å². The number of thioether (sulfide) groups is 1. The summed E-state index contributed by atoms with van der Waals surface area (Å²) in [7, 11) is 0. The highest BCUT2D eigenvalue weighted by atomic mass is 32.2. The molecule has 0 aromatic heterocycles. The van der Waals surface area contributed by atoms with Crippen LogP contribution in [0.2, 0.25) is 0 Å². The smallest absolute Gasteiger partial charge is 0.157 e. The van der Waals surface area contributed by atoms with Crippen LogP contribution in [0.4, 0.5) is 0 Å². The van der Waals surface area contributed by atoms with Crippen LogP contribution in [0.25, 0.3) is 0 Å². The molecule has 0 radical (unpaired) electrons. The molecule has 2 rings (SSSR count). The summed E-state index contributed by atoms with van der Waals surface area (Å²) in [6.45, 7) is 8.72. The zero-order valence-corrected chi connectivity index (χ0v) is 11.8. The summed E-state index contributed by atoms with van der Waals surface area (Å²) in [6.07, 6.45) is 0. The minimum Gasteiger partial charge on any atom is -0.359 e. The minimum absolute atomic E-state index is 0.176. The Morgan fingerprint density at radius 3 is 2.65 bits per heavy atom. The van der Waals surface area contributed by atoms with Crippen molar-refractivity contribution in [1.82, 2.24) is 5.32 Å². The summed E-state index contributed by atoms with van der Waals surface area (Å²) in [5.41, 5.74) is 2.80. The monoisotopic (exact) mass is 248 g/mol. The molecule has 1 heterocycles. The average molecular weight is 248 g/mol. The van der Waals surface area contributed by atoms with Crippen molar-refractivity contribution in [3.63, 3.8) is 0 Å². The molecular weight excluding hydrogens is 228 g/mol. The van der Waals surface area contributed by atoms with Gasteiger partial charge in [-0.2, -0.15) is 0 Å². The lowest BCUT2D eigenvalue weighted by Gasteiger charge is -2.17. The molecule has 0 amide bonds. The molecule has 1 saturated heterocycles. The molecule has 1 aliphatic heterocycles. The maximum absolute atomic E-state index is 4.77. The number of benzene rings is 1. The number of nitrogens with one attached hydrogen (secondary N) is 1. The first-order chi connectivity index (χ1) is 7.98. The van der Waals surface area contributed by atoms with Crippen LogP contribution in [-0.4, -0.2) is 16.5 Å². The van der Waals surface area contributed by atoms with Gasteiger partial charge in [0, 0.05) is 11.3 Å². The summed E-state index contributed by atoms with van der Waals surface area (Å²) in [4.78, 5) is 4.77. The molecule has 0 bridgehead atoms. The standard InChI is InChI=1S/C14H20N2S/c1-10-7-5-6-8-12(10)11(2)15-13-16-14(3,4)9-17-13/h5-8,11H,9H2,1-4H3,(H,15,16). The summed E-state index contributed by atoms with van der Waals surface area (Å²) >= 11 is 1.82. The number of aliphatic imine (C=N–C) groups is 1. The van der Waals surface area contributed by atoms with Crippen LogP contribution in [0.3, 0.4) is 0 Å². The molecule has 1 aliphatic rings. The molecule has 1 unspecified atom stereocenters. The van der Waals surface area contributed by atoms with Crippen LogP contribution < -0.4 is 5.32 Å². The molecule has 1 N–H and O–H groups in total. The Bertz CT molecular complexity index is 438. The first kappa shape index (κ1) is 12.5. The fourth-order valence-electron chi connectivity index (χ4n) is 1.98. The Morgan fingerprint density at radius 1 is 1.35 bits per heavy atom. The number of amidine groups is 1. The van der Waals surface area contributed by atoms with Crippen LogP contribution in [0.5, 0.6) is 0 Å². The van der Waals surface area contributed by atoms with Gasteiger partial charge >= 0.3 is 0 Å². The minimum atomic E-state index is 0.176. The summed E-state index contributed by atoms with van der Waals surface area (Å²) in [6, 6.07) is 8.68. The molecule has 2 nitrogen and oxygen atoms in total. The summed E-state index contributed by atoms with van der Waals surface area (Å²) < 4.78 is 0. The van der Waals surface area contributed by atoms with E-state index in [1.807, 2.05) is 11.8 Å². The number of nitrogens with zero attached hydrogens (tertiary/aromatic N) is 1. The fraction of sp³-hybridized carbons (Fsp3) is 0.500. The third-order valence-corrected chi connectivity index (χ3v) is 4.31. The van der Waals surface area contributed by atoms with Gasteiger partial charge in [0.25, 0.3) is 0 Å². The Kier molecular flexibility index (Phi) is 3.48. The third-order valence-electron chi connectivity index (χ3n) is 2.96. The molecule has 17 heavy (non-hydrogen) atoms. The Morgan fingerprint density at radius 2 is 2.06 bits per heavy atom. The topological polar surface area (TPSA) is 24.4 Å². The van der Waals surface area contributed by atoms with Gasteiger partial charge in [0.05, 0.1) is 6.04 Å². The second-order valence-electron chi connectivity index (χ2n) is 5.26. The number of hydrogen-bond acceptors (Lipinski definition) is 2. The average Bonchev–Trinajstić information content (AvgIpc) is 2.58. The normalized spacial score (nSPS) is 22.5. The predicted octanol–water partition coefficient (Wildman–Crippen LogP) is 3.53. The van der Waals surface area contributed by atoms with Crippen LogP contribution >= 0.6 is 11.8 Å². The van der Waals surface area contributed by atoms with Crippen LogP contribution in [0, 0.1) is 6.92 Å². The first-order valence-corrected chi connectivity index (χ1v) is 7.01. The second-order valence-corrected chi connectivity index (χ2v) is 6.23. The van der Waals surface area contributed by atoms with Crippen LogP contribution in [0.1, 0.15) is 37.9 Å². The molecule has 0 saturated carbocycles. The molecule has 1 fully saturated rings. The van der Waals surface area contributed by atoms with Gasteiger partial charge in [-0.15, -0.1) is 0 Å².